The third-order valence-electron chi connectivity index (χ3n) is 7.05. The van der Waals surface area contributed by atoms with Crippen LogP contribution in [0, 0.1) is 0 Å². The van der Waals surface area contributed by atoms with Gasteiger partial charge < -0.3 is 14.5 Å². The third kappa shape index (κ3) is 5.96. The second kappa shape index (κ2) is 12.3. The lowest BCUT2D eigenvalue weighted by Crippen LogP contribution is -2.61. The van der Waals surface area contributed by atoms with Gasteiger partial charge >= 0.3 is 0 Å². The van der Waals surface area contributed by atoms with Crippen LogP contribution in [0.4, 0.5) is 11.4 Å². The van der Waals surface area contributed by atoms with E-state index in [2.05, 4.69) is 28.9 Å². The largest absolute Gasteiger partial charge is 0.494 e. The molecule has 2 aliphatic heterocycles. The molecule has 1 amide bonds. The van der Waals surface area contributed by atoms with Crippen LogP contribution in [0.3, 0.4) is 0 Å². The Morgan fingerprint density at radius 2 is 1.53 bits per heavy atom. The van der Waals surface area contributed by atoms with Crippen molar-refractivity contribution in [3.05, 3.63) is 53.6 Å². The summed E-state index contributed by atoms with van der Waals surface area (Å²) in [4.78, 5) is 17.2. The molecule has 0 bridgehead atoms. The van der Waals surface area contributed by atoms with E-state index < -0.39 is 21.6 Å². The Kier molecular flexibility index (Phi) is 9.11. The molecule has 10 heteroatoms. The van der Waals surface area contributed by atoms with E-state index in [4.69, 9.17) is 16.3 Å². The van der Waals surface area contributed by atoms with Crippen molar-refractivity contribution in [3.63, 3.8) is 0 Å². The number of amides is 1. The van der Waals surface area contributed by atoms with Gasteiger partial charge in [-0.15, -0.1) is 0 Å². The van der Waals surface area contributed by atoms with Gasteiger partial charge in [-0.3, -0.25) is 10.0 Å². The molecular weight excluding hydrogens is 500 g/mol. The number of anilines is 2. The van der Waals surface area contributed by atoms with Crippen LogP contribution in [0.1, 0.15) is 32.6 Å². The molecule has 2 aromatic carbocycles. The van der Waals surface area contributed by atoms with Gasteiger partial charge in [0.25, 0.3) is 5.91 Å². The summed E-state index contributed by atoms with van der Waals surface area (Å²) in [6, 6.07) is 15.7. The number of nitrogens with zero attached hydrogens (tertiary/aromatic N) is 3. The number of carbonyl (C=O) groups excluding carboxylic acids is 1. The van der Waals surface area contributed by atoms with Crippen LogP contribution >= 0.6 is 11.6 Å². The molecule has 2 fully saturated rings. The summed E-state index contributed by atoms with van der Waals surface area (Å²) < 4.78 is 20.3. The number of rotatable bonds is 9. The van der Waals surface area contributed by atoms with Crippen LogP contribution in [0.25, 0.3) is 0 Å². The maximum atomic E-state index is 13.8. The maximum Gasteiger partial charge on any atom is 0.263 e. The summed E-state index contributed by atoms with van der Waals surface area (Å²) in [5.74, 6) is 0.298. The van der Waals surface area contributed by atoms with Gasteiger partial charge in [0, 0.05) is 55.7 Å². The molecule has 1 atom stereocenters. The summed E-state index contributed by atoms with van der Waals surface area (Å²) in [7, 11) is -1.57. The number of benzene rings is 2. The predicted molar refractivity (Wildman–Crippen MR) is 144 cm³/mol. The molecule has 1 unspecified atom stereocenters. The minimum atomic E-state index is -1.57. The van der Waals surface area contributed by atoms with Gasteiger partial charge in [-0.05, 0) is 67.8 Å². The smallest absolute Gasteiger partial charge is 0.263 e. The molecule has 36 heavy (non-hydrogen) atoms. The first kappa shape index (κ1) is 26.7. The monoisotopic (exact) mass is 534 g/mol. The summed E-state index contributed by atoms with van der Waals surface area (Å²) in [6.07, 6.45) is 2.91. The van der Waals surface area contributed by atoms with Crippen molar-refractivity contribution in [1.29, 1.82) is 0 Å². The van der Waals surface area contributed by atoms with Crippen molar-refractivity contribution in [2.24, 2.45) is 0 Å². The highest BCUT2D eigenvalue weighted by atomic mass is 35.5. The van der Waals surface area contributed by atoms with Crippen molar-refractivity contribution in [3.8, 4) is 5.75 Å². The van der Waals surface area contributed by atoms with Crippen LogP contribution in [-0.2, 0) is 15.8 Å². The molecular formula is C26H35ClN4O4S. The van der Waals surface area contributed by atoms with E-state index in [-0.39, 0.29) is 0 Å². The molecule has 8 nitrogen and oxygen atoms in total. The summed E-state index contributed by atoms with van der Waals surface area (Å²) >= 11 is 6.01. The molecule has 0 aliphatic carbocycles. The van der Waals surface area contributed by atoms with Crippen LogP contribution in [-0.4, -0.2) is 70.3 Å². The van der Waals surface area contributed by atoms with Crippen molar-refractivity contribution in [2.75, 3.05) is 55.7 Å². The highest BCUT2D eigenvalue weighted by molar-refractivity contribution is 7.85. The lowest BCUT2D eigenvalue weighted by Gasteiger charge is -2.44. The van der Waals surface area contributed by atoms with Gasteiger partial charge in [-0.25, -0.2) is 14.0 Å². The van der Waals surface area contributed by atoms with E-state index >= 15 is 0 Å². The number of piperidine rings is 1. The van der Waals surface area contributed by atoms with E-state index in [1.165, 1.54) is 0 Å². The summed E-state index contributed by atoms with van der Waals surface area (Å²) in [6.45, 7) is 6.54. The number of piperazine rings is 1. The Bertz CT molecular complexity index is 1020. The van der Waals surface area contributed by atoms with Crippen molar-refractivity contribution in [1.82, 2.24) is 9.79 Å². The zero-order valence-corrected chi connectivity index (χ0v) is 22.3. The Hall–Kier alpha value is -2.33. The van der Waals surface area contributed by atoms with Crippen molar-refractivity contribution < 1.29 is 18.9 Å². The number of ether oxygens (including phenoxy) is 1. The molecule has 0 saturated carbocycles. The molecule has 2 N–H and O–H groups in total. The van der Waals surface area contributed by atoms with E-state index in [1.54, 1.807) is 5.48 Å². The Morgan fingerprint density at radius 3 is 2.08 bits per heavy atom. The van der Waals surface area contributed by atoms with Crippen LogP contribution in [0.15, 0.2) is 48.5 Å². The average molecular weight is 535 g/mol. The summed E-state index contributed by atoms with van der Waals surface area (Å²) in [5, 5.41) is 10.2. The molecule has 2 heterocycles. The minimum Gasteiger partial charge on any atom is -0.494 e. The number of carbonyl (C=O) groups is 1. The quantitative estimate of drug-likeness (QED) is 0.289. The van der Waals surface area contributed by atoms with Gasteiger partial charge in [-0.2, -0.15) is 0 Å². The molecule has 2 saturated heterocycles. The molecule has 196 valence electrons. The third-order valence-corrected chi connectivity index (χ3v) is 9.40. The highest BCUT2D eigenvalue weighted by Gasteiger charge is 2.49. The normalized spacial score (nSPS) is 19.1. The maximum absolute atomic E-state index is 13.8. The zero-order chi connectivity index (χ0) is 25.5. The first-order valence-corrected chi connectivity index (χ1v) is 14.0. The van der Waals surface area contributed by atoms with Gasteiger partial charge in [-0.1, -0.05) is 24.9 Å². The number of hydroxylamine groups is 1. The van der Waals surface area contributed by atoms with Crippen LogP contribution < -0.4 is 20.0 Å². The van der Waals surface area contributed by atoms with E-state index in [9.17, 15) is 14.2 Å². The lowest BCUT2D eigenvalue weighted by molar-refractivity contribution is -0.132. The second-order valence-electron chi connectivity index (χ2n) is 9.26. The summed E-state index contributed by atoms with van der Waals surface area (Å²) in [5.41, 5.74) is 3.91. The number of nitrogens with one attached hydrogen (secondary N) is 1. The molecule has 0 spiro atoms. The standard InChI is InChI=1S/C26H35ClN4O4S/c1-2-3-20-35-24-10-8-23(9-11-24)30-16-18-31(19-17-30)36(34)26(25(32)28-33)12-14-29(15-13-26)22-6-4-21(27)5-7-22/h4-11,33H,2-3,12-20H2,1H3,(H,28,32). The fraction of sp³-hybridized carbons (Fsp3) is 0.500. The van der Waals surface area contributed by atoms with E-state index in [0.717, 1.165) is 36.6 Å². The van der Waals surface area contributed by atoms with Crippen molar-refractivity contribution >= 4 is 39.9 Å². The average Bonchev–Trinajstić information content (AvgIpc) is 2.93. The first-order chi connectivity index (χ1) is 17.5. The molecule has 0 radical (unpaired) electrons. The lowest BCUT2D eigenvalue weighted by atomic mass is 9.94. The SMILES string of the molecule is CCCCOc1ccc(N2CCN(S(=O)C3(C(=O)NO)CCN(c4ccc(Cl)cc4)CC3)CC2)cc1. The predicted octanol–water partition coefficient (Wildman–Crippen LogP) is 3.85. The van der Waals surface area contributed by atoms with E-state index in [1.807, 2.05) is 40.7 Å². The second-order valence-corrected chi connectivity index (χ2v) is 11.5. The first-order valence-electron chi connectivity index (χ1n) is 12.6. The van der Waals surface area contributed by atoms with Crippen LogP contribution in [0.2, 0.25) is 5.02 Å². The highest BCUT2D eigenvalue weighted by Crippen LogP contribution is 2.34. The molecule has 2 aromatic rings. The number of unbranched alkanes of at least 4 members (excludes halogenated alkanes) is 1. The van der Waals surface area contributed by atoms with Crippen molar-refractivity contribution in [2.45, 2.75) is 37.4 Å². The fourth-order valence-electron chi connectivity index (χ4n) is 4.81. The molecule has 2 aliphatic rings. The minimum absolute atomic E-state index is 0.383. The van der Waals surface area contributed by atoms with Gasteiger partial charge in [0.1, 0.15) is 21.5 Å². The number of hydrogen-bond donors (Lipinski definition) is 2. The van der Waals surface area contributed by atoms with Crippen LogP contribution in [0.5, 0.6) is 5.75 Å². The van der Waals surface area contributed by atoms with Gasteiger partial charge in [0.05, 0.1) is 6.61 Å². The Labute approximate surface area is 220 Å². The van der Waals surface area contributed by atoms with E-state index in [0.29, 0.717) is 57.1 Å². The zero-order valence-electron chi connectivity index (χ0n) is 20.7. The Balaban J connectivity index is 1.36. The Morgan fingerprint density at radius 1 is 0.972 bits per heavy atom. The molecule has 4 rings (SSSR count). The number of hydrogen-bond acceptors (Lipinski definition) is 6. The number of halogens is 1. The fourth-order valence-corrected chi connectivity index (χ4v) is 6.66. The van der Waals surface area contributed by atoms with Gasteiger partial charge in [0.2, 0.25) is 0 Å². The topological polar surface area (TPSA) is 85.3 Å². The molecule has 0 aromatic heterocycles. The van der Waals surface area contributed by atoms with Gasteiger partial charge in [0.15, 0.2) is 0 Å².